The summed E-state index contributed by atoms with van der Waals surface area (Å²) < 4.78 is 4.63. The Bertz CT molecular complexity index is 139. The standard InChI is InChI=1S/C9H9.In/c1-3-5-7-9-8-6-4-2;/h1-9H;/b3-1?,6-4+,7-5+,9-8-;. The molecule has 0 radical (unpaired) electrons. The van der Waals surface area contributed by atoms with Gasteiger partial charge in [-0.15, -0.1) is 0 Å². The Morgan fingerprint density at radius 3 is 2.00 bits per heavy atom. The van der Waals surface area contributed by atoms with Crippen molar-refractivity contribution in [2.45, 2.75) is 0 Å². The van der Waals surface area contributed by atoms with Crippen molar-refractivity contribution in [2.75, 3.05) is 0 Å². The van der Waals surface area contributed by atoms with Gasteiger partial charge in [-0.05, 0) is 0 Å². The van der Waals surface area contributed by atoms with E-state index in [4.69, 9.17) is 0 Å². The molecule has 0 fully saturated rings. The van der Waals surface area contributed by atoms with E-state index in [9.17, 15) is 0 Å². The van der Waals surface area contributed by atoms with Gasteiger partial charge >= 0.3 is 72.5 Å². The van der Waals surface area contributed by atoms with Crippen LogP contribution < -0.4 is 0 Å². The first kappa shape index (κ1) is 7.80. The number of rotatable bonds is 0. The maximum absolute atomic E-state index is 2.32. The summed E-state index contributed by atoms with van der Waals surface area (Å²) in [6.45, 7) is 0. The van der Waals surface area contributed by atoms with Gasteiger partial charge in [0.15, 0.2) is 0 Å². The maximum atomic E-state index is 2.32. The summed E-state index contributed by atoms with van der Waals surface area (Å²) >= 11 is -0.463. The summed E-state index contributed by atoms with van der Waals surface area (Å²) in [5, 5.41) is 0. The van der Waals surface area contributed by atoms with Gasteiger partial charge in [-0.1, -0.05) is 0 Å². The molecule has 1 aliphatic heterocycles. The Hall–Kier alpha value is -0.300. The van der Waals surface area contributed by atoms with Gasteiger partial charge in [-0.3, -0.25) is 0 Å². The summed E-state index contributed by atoms with van der Waals surface area (Å²) in [6.07, 6.45) is 14.6. The van der Waals surface area contributed by atoms with Crippen LogP contribution in [0.5, 0.6) is 0 Å². The zero-order chi connectivity index (χ0) is 7.07. The molecule has 1 heterocycles. The zero-order valence-electron chi connectivity index (χ0n) is 5.77. The second-order valence-corrected chi connectivity index (χ2v) is 5.22. The van der Waals surface area contributed by atoms with Gasteiger partial charge in [-0.25, -0.2) is 0 Å². The van der Waals surface area contributed by atoms with Crippen LogP contribution in [0, 0.1) is 0 Å². The van der Waals surface area contributed by atoms with E-state index in [-0.39, 0.29) is 0 Å². The van der Waals surface area contributed by atoms with E-state index >= 15 is 0 Å². The first-order valence-electron chi connectivity index (χ1n) is 3.33. The van der Waals surface area contributed by atoms with Gasteiger partial charge in [0.1, 0.15) is 0 Å². The molecule has 0 aliphatic carbocycles. The van der Waals surface area contributed by atoms with Crippen molar-refractivity contribution < 1.29 is 0 Å². The fraction of sp³-hybridized carbons (Fsp3) is 0. The van der Waals surface area contributed by atoms with E-state index < -0.39 is 22.4 Å². The number of allylic oxidation sites excluding steroid dienone is 7. The molecule has 0 atom stereocenters. The first-order chi connectivity index (χ1) is 5.00. The molecule has 0 aromatic carbocycles. The molecular formula is C9H9In. The fourth-order valence-electron chi connectivity index (χ4n) is 0.642. The van der Waals surface area contributed by atoms with Crippen molar-refractivity contribution in [3.05, 3.63) is 46.4 Å². The topological polar surface area (TPSA) is 0 Å². The van der Waals surface area contributed by atoms with E-state index in [1.807, 2.05) is 6.08 Å². The average Bonchev–Trinajstić information content (AvgIpc) is 2.01. The molecule has 0 bridgehead atoms. The normalized spacial score (nSPS) is 30.4. The van der Waals surface area contributed by atoms with Crippen molar-refractivity contribution in [1.29, 1.82) is 0 Å². The minimum absolute atomic E-state index is 0.463. The van der Waals surface area contributed by atoms with Gasteiger partial charge in [0.25, 0.3) is 0 Å². The van der Waals surface area contributed by atoms with E-state index in [1.54, 1.807) is 0 Å². The molecule has 48 valence electrons. The zero-order valence-corrected chi connectivity index (χ0v) is 9.07. The van der Waals surface area contributed by atoms with Crippen LogP contribution in [0.15, 0.2) is 46.4 Å². The van der Waals surface area contributed by atoms with Crippen LogP contribution in [-0.4, -0.2) is 26.2 Å². The Morgan fingerprint density at radius 2 is 1.20 bits per heavy atom. The fourth-order valence-corrected chi connectivity index (χ4v) is 2.47. The van der Waals surface area contributed by atoms with Crippen LogP contribution in [0.4, 0.5) is 0 Å². The predicted molar refractivity (Wildman–Crippen MR) is 48.4 cm³/mol. The summed E-state index contributed by atoms with van der Waals surface area (Å²) in [6, 6.07) is 0. The second-order valence-electron chi connectivity index (χ2n) is 1.92. The third kappa shape index (κ3) is 3.67. The number of hydrogen-bond donors (Lipinski definition) is 0. The Balaban J connectivity index is 2.70. The summed E-state index contributed by atoms with van der Waals surface area (Å²) in [5.74, 6) is 0. The third-order valence-electron chi connectivity index (χ3n) is 1.11. The Morgan fingerprint density at radius 1 is 0.600 bits per heavy atom. The van der Waals surface area contributed by atoms with E-state index in [2.05, 4.69) is 44.0 Å². The van der Waals surface area contributed by atoms with Crippen LogP contribution in [0.2, 0.25) is 0 Å². The van der Waals surface area contributed by atoms with Gasteiger partial charge in [0.2, 0.25) is 0 Å². The molecule has 0 aromatic heterocycles. The average molecular weight is 232 g/mol. The second kappa shape index (κ2) is 5.48. The molecule has 0 nitrogen and oxygen atoms in total. The van der Waals surface area contributed by atoms with Gasteiger partial charge in [-0.2, -0.15) is 0 Å². The Labute approximate surface area is 72.5 Å². The van der Waals surface area contributed by atoms with E-state index in [0.29, 0.717) is 0 Å². The molecule has 1 heteroatoms. The third-order valence-corrected chi connectivity index (χ3v) is 3.65. The SMILES string of the molecule is C1=C\C=C\C=[CH]\[In]=[CH]/C=C/1. The van der Waals surface area contributed by atoms with Gasteiger partial charge in [0.05, 0.1) is 0 Å². The van der Waals surface area contributed by atoms with Crippen LogP contribution in [0.3, 0.4) is 0 Å². The van der Waals surface area contributed by atoms with E-state index in [0.717, 1.165) is 0 Å². The summed E-state index contributed by atoms with van der Waals surface area (Å²) in [5.41, 5.74) is 0. The van der Waals surface area contributed by atoms with Crippen LogP contribution in [0.1, 0.15) is 0 Å². The minimum atomic E-state index is -0.463. The molecule has 1 aliphatic rings. The summed E-state index contributed by atoms with van der Waals surface area (Å²) in [4.78, 5) is 0. The Kier molecular flexibility index (Phi) is 4.28. The van der Waals surface area contributed by atoms with Crippen LogP contribution in [-0.2, 0) is 0 Å². The first-order valence-corrected chi connectivity index (χ1v) is 7.14. The van der Waals surface area contributed by atoms with E-state index in [1.165, 1.54) is 0 Å². The van der Waals surface area contributed by atoms with Gasteiger partial charge in [0, 0.05) is 0 Å². The monoisotopic (exact) mass is 232 g/mol. The van der Waals surface area contributed by atoms with Crippen LogP contribution >= 0.6 is 0 Å². The van der Waals surface area contributed by atoms with Crippen molar-refractivity contribution in [1.82, 2.24) is 0 Å². The van der Waals surface area contributed by atoms with Crippen molar-refractivity contribution in [3.63, 3.8) is 0 Å². The van der Waals surface area contributed by atoms with Crippen molar-refractivity contribution in [3.8, 4) is 0 Å². The van der Waals surface area contributed by atoms with Crippen molar-refractivity contribution in [2.24, 2.45) is 0 Å². The quantitative estimate of drug-likeness (QED) is 0.596. The molecule has 0 saturated heterocycles. The molecule has 0 spiro atoms. The molecule has 0 amide bonds. The van der Waals surface area contributed by atoms with Crippen molar-refractivity contribution >= 4 is 26.2 Å². The molecule has 0 saturated carbocycles. The molecule has 0 unspecified atom stereocenters. The molecule has 1 rings (SSSR count). The molecular weight excluding hydrogens is 223 g/mol. The predicted octanol–water partition coefficient (Wildman–Crippen LogP) is 1.69. The van der Waals surface area contributed by atoms with Crippen LogP contribution in [0.25, 0.3) is 0 Å². The molecule has 0 N–H and O–H groups in total. The van der Waals surface area contributed by atoms with Gasteiger partial charge < -0.3 is 0 Å². The molecule has 10 heavy (non-hydrogen) atoms. The molecule has 0 aromatic rings. The number of hydrogen-bond acceptors (Lipinski definition) is 0. The summed E-state index contributed by atoms with van der Waals surface area (Å²) in [7, 11) is 0.